The Bertz CT molecular complexity index is 458. The van der Waals surface area contributed by atoms with Crippen LogP contribution in [0.5, 0.6) is 0 Å². The van der Waals surface area contributed by atoms with E-state index in [1.807, 2.05) is 6.20 Å². The number of rotatable bonds is 5. The molecule has 1 saturated heterocycles. The van der Waals surface area contributed by atoms with Crippen molar-refractivity contribution in [1.29, 1.82) is 0 Å². The average molecular weight is 352 g/mol. The van der Waals surface area contributed by atoms with Gasteiger partial charge in [-0.1, -0.05) is 20.3 Å². The maximum Gasteiger partial charge on any atom is 0.0544 e. The van der Waals surface area contributed by atoms with Gasteiger partial charge in [-0.15, -0.1) is 0 Å². The summed E-state index contributed by atoms with van der Waals surface area (Å²) in [5, 5.41) is 3.80. The molecule has 3 rings (SSSR count). The molecule has 2 aliphatic rings. The SMILES string of the molecule is CCC(C)C1CNC(C2CC2)CN1Cc1ccc(Br)cn1. The van der Waals surface area contributed by atoms with E-state index in [9.17, 15) is 0 Å². The summed E-state index contributed by atoms with van der Waals surface area (Å²) < 4.78 is 1.06. The van der Waals surface area contributed by atoms with Crippen molar-refractivity contribution in [2.24, 2.45) is 11.8 Å². The Morgan fingerprint density at radius 1 is 1.43 bits per heavy atom. The van der Waals surface area contributed by atoms with E-state index in [0.717, 1.165) is 29.4 Å². The van der Waals surface area contributed by atoms with Gasteiger partial charge in [0.2, 0.25) is 0 Å². The molecule has 3 atom stereocenters. The van der Waals surface area contributed by atoms with Gasteiger partial charge in [0.1, 0.15) is 0 Å². The van der Waals surface area contributed by atoms with Crippen LogP contribution in [-0.2, 0) is 6.54 Å². The van der Waals surface area contributed by atoms with Crippen LogP contribution >= 0.6 is 15.9 Å². The largest absolute Gasteiger partial charge is 0.311 e. The Morgan fingerprint density at radius 2 is 2.24 bits per heavy atom. The highest BCUT2D eigenvalue weighted by Crippen LogP contribution is 2.35. The van der Waals surface area contributed by atoms with E-state index < -0.39 is 0 Å². The molecule has 2 heterocycles. The Morgan fingerprint density at radius 3 is 2.86 bits per heavy atom. The number of hydrogen-bond donors (Lipinski definition) is 1. The van der Waals surface area contributed by atoms with Gasteiger partial charge < -0.3 is 5.32 Å². The lowest BCUT2D eigenvalue weighted by molar-refractivity contribution is 0.0775. The number of piperazine rings is 1. The van der Waals surface area contributed by atoms with E-state index in [-0.39, 0.29) is 0 Å². The van der Waals surface area contributed by atoms with Crippen molar-refractivity contribution in [2.45, 2.75) is 51.7 Å². The molecule has 0 radical (unpaired) electrons. The van der Waals surface area contributed by atoms with E-state index in [2.05, 4.69) is 57.1 Å². The normalized spacial score (nSPS) is 28.5. The molecule has 2 fully saturated rings. The quantitative estimate of drug-likeness (QED) is 0.880. The first-order chi connectivity index (χ1) is 10.2. The second-order valence-corrected chi connectivity index (χ2v) is 7.62. The predicted molar refractivity (Wildman–Crippen MR) is 90.1 cm³/mol. The first-order valence-corrected chi connectivity index (χ1v) is 9.04. The second kappa shape index (κ2) is 6.76. The molecule has 1 aromatic heterocycles. The Balaban J connectivity index is 1.70. The van der Waals surface area contributed by atoms with Crippen molar-refractivity contribution in [2.75, 3.05) is 13.1 Å². The Kier molecular flexibility index (Phi) is 4.97. The summed E-state index contributed by atoms with van der Waals surface area (Å²) in [5.74, 6) is 1.65. The maximum atomic E-state index is 4.57. The molecule has 0 spiro atoms. The van der Waals surface area contributed by atoms with Gasteiger partial charge in [0.25, 0.3) is 0 Å². The molecule has 0 amide bonds. The third kappa shape index (κ3) is 3.85. The summed E-state index contributed by atoms with van der Waals surface area (Å²) >= 11 is 3.47. The predicted octanol–water partition coefficient (Wildman–Crippen LogP) is 3.44. The molecule has 1 N–H and O–H groups in total. The van der Waals surface area contributed by atoms with Crippen LogP contribution in [0.25, 0.3) is 0 Å². The van der Waals surface area contributed by atoms with E-state index >= 15 is 0 Å². The molecule has 1 aromatic rings. The van der Waals surface area contributed by atoms with E-state index in [4.69, 9.17) is 0 Å². The van der Waals surface area contributed by atoms with Crippen molar-refractivity contribution in [3.05, 3.63) is 28.5 Å². The minimum atomic E-state index is 0.635. The molecular formula is C17H26BrN3. The first kappa shape index (κ1) is 15.4. The summed E-state index contributed by atoms with van der Waals surface area (Å²) in [6.45, 7) is 7.97. The molecule has 21 heavy (non-hydrogen) atoms. The van der Waals surface area contributed by atoms with Crippen molar-refractivity contribution in [3.63, 3.8) is 0 Å². The molecular weight excluding hydrogens is 326 g/mol. The molecule has 0 bridgehead atoms. The van der Waals surface area contributed by atoms with Crippen LogP contribution in [0.2, 0.25) is 0 Å². The zero-order chi connectivity index (χ0) is 14.8. The highest BCUT2D eigenvalue weighted by Gasteiger charge is 2.38. The minimum absolute atomic E-state index is 0.635. The van der Waals surface area contributed by atoms with E-state index in [0.29, 0.717) is 12.1 Å². The molecule has 0 aromatic carbocycles. The maximum absolute atomic E-state index is 4.57. The molecule has 1 aliphatic heterocycles. The standard InChI is InChI=1S/C17H26BrN3/c1-3-12(2)17-9-20-16(13-4-5-13)11-21(17)10-15-7-6-14(18)8-19-15/h6-8,12-13,16-17,20H,3-5,9-11H2,1-2H3. The van der Waals surface area contributed by atoms with Crippen LogP contribution in [0.3, 0.4) is 0 Å². The lowest BCUT2D eigenvalue weighted by Gasteiger charge is -2.43. The molecule has 3 unspecified atom stereocenters. The minimum Gasteiger partial charge on any atom is -0.311 e. The van der Waals surface area contributed by atoms with Crippen molar-refractivity contribution in [1.82, 2.24) is 15.2 Å². The summed E-state index contributed by atoms with van der Waals surface area (Å²) in [4.78, 5) is 7.24. The zero-order valence-corrected chi connectivity index (χ0v) is 14.6. The summed E-state index contributed by atoms with van der Waals surface area (Å²) in [7, 11) is 0. The molecule has 116 valence electrons. The fourth-order valence-electron chi connectivity index (χ4n) is 3.39. The smallest absolute Gasteiger partial charge is 0.0544 e. The van der Waals surface area contributed by atoms with Gasteiger partial charge in [-0.25, -0.2) is 0 Å². The summed E-state index contributed by atoms with van der Waals surface area (Å²) in [6, 6.07) is 5.57. The van der Waals surface area contributed by atoms with Gasteiger partial charge in [-0.2, -0.15) is 0 Å². The number of halogens is 1. The second-order valence-electron chi connectivity index (χ2n) is 6.70. The number of pyridine rings is 1. The lowest BCUT2D eigenvalue weighted by Crippen LogP contribution is -2.58. The molecule has 3 nitrogen and oxygen atoms in total. The van der Waals surface area contributed by atoms with Gasteiger partial charge >= 0.3 is 0 Å². The lowest BCUT2D eigenvalue weighted by atomic mass is 9.93. The number of hydrogen-bond acceptors (Lipinski definition) is 3. The highest BCUT2D eigenvalue weighted by molar-refractivity contribution is 9.10. The van der Waals surface area contributed by atoms with Gasteiger partial charge in [0.15, 0.2) is 0 Å². The summed E-state index contributed by atoms with van der Waals surface area (Å²) in [5.41, 5.74) is 1.18. The van der Waals surface area contributed by atoms with Gasteiger partial charge in [-0.05, 0) is 52.7 Å². The summed E-state index contributed by atoms with van der Waals surface area (Å²) in [6.07, 6.45) is 5.98. The fourth-order valence-corrected chi connectivity index (χ4v) is 3.63. The highest BCUT2D eigenvalue weighted by atomic mass is 79.9. The van der Waals surface area contributed by atoms with Crippen molar-refractivity contribution >= 4 is 15.9 Å². The third-order valence-electron chi connectivity index (χ3n) is 5.13. The monoisotopic (exact) mass is 351 g/mol. The Labute approximate surface area is 136 Å². The topological polar surface area (TPSA) is 28.2 Å². The molecule has 1 saturated carbocycles. The molecule has 1 aliphatic carbocycles. The molecule has 4 heteroatoms. The van der Waals surface area contributed by atoms with E-state index in [1.54, 1.807) is 0 Å². The number of nitrogens with zero attached hydrogens (tertiary/aromatic N) is 2. The Hall–Kier alpha value is -0.450. The number of nitrogens with one attached hydrogen (secondary N) is 1. The van der Waals surface area contributed by atoms with Gasteiger partial charge in [0, 0.05) is 42.4 Å². The van der Waals surface area contributed by atoms with Crippen LogP contribution in [-0.4, -0.2) is 35.1 Å². The van der Waals surface area contributed by atoms with E-state index in [1.165, 1.54) is 31.5 Å². The zero-order valence-electron chi connectivity index (χ0n) is 13.1. The van der Waals surface area contributed by atoms with Crippen molar-refractivity contribution in [3.8, 4) is 0 Å². The third-order valence-corrected chi connectivity index (χ3v) is 5.60. The van der Waals surface area contributed by atoms with Crippen LogP contribution in [0.15, 0.2) is 22.8 Å². The van der Waals surface area contributed by atoms with Crippen LogP contribution in [0.4, 0.5) is 0 Å². The number of aromatic nitrogens is 1. The van der Waals surface area contributed by atoms with Crippen LogP contribution in [0, 0.1) is 11.8 Å². The van der Waals surface area contributed by atoms with Gasteiger partial charge in [0.05, 0.1) is 5.69 Å². The van der Waals surface area contributed by atoms with Crippen LogP contribution in [0.1, 0.15) is 38.8 Å². The average Bonchev–Trinajstić information content (AvgIpc) is 3.33. The van der Waals surface area contributed by atoms with Crippen LogP contribution < -0.4 is 5.32 Å². The van der Waals surface area contributed by atoms with Crippen molar-refractivity contribution < 1.29 is 0 Å². The first-order valence-electron chi connectivity index (χ1n) is 8.25. The van der Waals surface area contributed by atoms with Gasteiger partial charge in [-0.3, -0.25) is 9.88 Å². The fraction of sp³-hybridized carbons (Fsp3) is 0.706.